The van der Waals surface area contributed by atoms with Gasteiger partial charge in [-0.15, -0.1) is 0 Å². The van der Waals surface area contributed by atoms with Crippen LogP contribution in [0.1, 0.15) is 57.6 Å². The fraction of sp³-hybridized carbons (Fsp3) is 0.647. The zero-order chi connectivity index (χ0) is 14.2. The third kappa shape index (κ3) is 2.79. The number of piperidine rings is 1. The molecule has 0 spiro atoms. The topological polar surface area (TPSA) is 29.3 Å². The predicted octanol–water partition coefficient (Wildman–Crippen LogP) is 3.82. The highest BCUT2D eigenvalue weighted by atomic mass is 15.2. The maximum atomic E-state index is 6.16. The molecular formula is C17H28N2. The van der Waals surface area contributed by atoms with Gasteiger partial charge in [0.05, 0.1) is 0 Å². The minimum Gasteiger partial charge on any atom is -0.366 e. The van der Waals surface area contributed by atoms with Crippen molar-refractivity contribution in [2.45, 2.75) is 65.0 Å². The Morgan fingerprint density at radius 1 is 1.32 bits per heavy atom. The lowest BCUT2D eigenvalue weighted by Gasteiger charge is -2.48. The van der Waals surface area contributed by atoms with Crippen molar-refractivity contribution in [3.05, 3.63) is 29.3 Å². The SMILES string of the molecule is Cc1cccc(C(C)C)c1N1CCC(N)CC1(C)C. The highest BCUT2D eigenvalue weighted by Gasteiger charge is 2.35. The summed E-state index contributed by atoms with van der Waals surface area (Å²) in [6.07, 6.45) is 2.16. The van der Waals surface area contributed by atoms with Crippen LogP contribution >= 0.6 is 0 Å². The Balaban J connectivity index is 2.46. The zero-order valence-electron chi connectivity index (χ0n) is 13.0. The summed E-state index contributed by atoms with van der Waals surface area (Å²) >= 11 is 0. The number of hydrogen-bond acceptors (Lipinski definition) is 2. The van der Waals surface area contributed by atoms with Crippen LogP contribution in [-0.2, 0) is 0 Å². The normalized spacial score (nSPS) is 22.9. The molecule has 1 aliphatic heterocycles. The third-order valence-electron chi connectivity index (χ3n) is 4.38. The van der Waals surface area contributed by atoms with Crippen LogP contribution in [0, 0.1) is 6.92 Å². The maximum Gasteiger partial charge on any atom is 0.0435 e. The summed E-state index contributed by atoms with van der Waals surface area (Å²) < 4.78 is 0. The van der Waals surface area contributed by atoms with E-state index in [1.165, 1.54) is 16.8 Å². The predicted molar refractivity (Wildman–Crippen MR) is 83.9 cm³/mol. The molecule has 19 heavy (non-hydrogen) atoms. The molecule has 1 unspecified atom stereocenters. The second kappa shape index (κ2) is 5.16. The van der Waals surface area contributed by atoms with Gasteiger partial charge in [-0.3, -0.25) is 0 Å². The Morgan fingerprint density at radius 2 is 2.00 bits per heavy atom. The number of rotatable bonds is 2. The first-order valence-corrected chi connectivity index (χ1v) is 7.45. The molecule has 2 rings (SSSR count). The largest absolute Gasteiger partial charge is 0.366 e. The van der Waals surface area contributed by atoms with E-state index in [9.17, 15) is 0 Å². The molecule has 1 heterocycles. The third-order valence-corrected chi connectivity index (χ3v) is 4.38. The van der Waals surface area contributed by atoms with Crippen LogP contribution in [0.25, 0.3) is 0 Å². The van der Waals surface area contributed by atoms with E-state index in [1.54, 1.807) is 0 Å². The standard InChI is InChI=1S/C17H28N2/c1-12(2)15-8-6-7-13(3)16(15)19-10-9-14(18)11-17(19,4)5/h6-8,12,14H,9-11,18H2,1-5H3. The number of para-hydroxylation sites is 1. The molecule has 2 N–H and O–H groups in total. The number of hydrogen-bond donors (Lipinski definition) is 1. The lowest BCUT2D eigenvalue weighted by Crippen LogP contribution is -2.54. The molecule has 1 fully saturated rings. The first-order valence-electron chi connectivity index (χ1n) is 7.45. The second-order valence-corrected chi connectivity index (χ2v) is 6.88. The molecule has 0 aromatic heterocycles. The monoisotopic (exact) mass is 260 g/mol. The summed E-state index contributed by atoms with van der Waals surface area (Å²) in [5.41, 5.74) is 10.6. The Morgan fingerprint density at radius 3 is 2.58 bits per heavy atom. The van der Waals surface area contributed by atoms with Gasteiger partial charge in [0, 0.05) is 23.8 Å². The average Bonchev–Trinajstić information content (AvgIpc) is 2.28. The highest BCUT2D eigenvalue weighted by Crippen LogP contribution is 2.38. The average molecular weight is 260 g/mol. The Kier molecular flexibility index (Phi) is 3.91. The molecule has 106 valence electrons. The number of nitrogens with two attached hydrogens (primary N) is 1. The van der Waals surface area contributed by atoms with Crippen LogP contribution in [0.4, 0.5) is 5.69 Å². The van der Waals surface area contributed by atoms with E-state index in [-0.39, 0.29) is 5.54 Å². The van der Waals surface area contributed by atoms with Gasteiger partial charge in [0.15, 0.2) is 0 Å². The molecule has 1 aromatic rings. The van der Waals surface area contributed by atoms with Gasteiger partial charge in [-0.2, -0.15) is 0 Å². The lowest BCUT2D eigenvalue weighted by atomic mass is 9.85. The summed E-state index contributed by atoms with van der Waals surface area (Å²) in [4.78, 5) is 2.58. The molecule has 0 bridgehead atoms. The molecule has 2 nitrogen and oxygen atoms in total. The lowest BCUT2D eigenvalue weighted by molar-refractivity contribution is 0.326. The van der Waals surface area contributed by atoms with Crippen LogP contribution in [0.3, 0.4) is 0 Å². The molecule has 1 atom stereocenters. The molecule has 1 aromatic carbocycles. The molecule has 1 aliphatic rings. The maximum absolute atomic E-state index is 6.16. The minimum absolute atomic E-state index is 0.146. The summed E-state index contributed by atoms with van der Waals surface area (Å²) in [5, 5.41) is 0. The van der Waals surface area contributed by atoms with Crippen molar-refractivity contribution in [3.63, 3.8) is 0 Å². The van der Waals surface area contributed by atoms with E-state index in [4.69, 9.17) is 5.73 Å². The summed E-state index contributed by atoms with van der Waals surface area (Å²) in [5.74, 6) is 0.557. The number of nitrogens with zero attached hydrogens (tertiary/aromatic N) is 1. The first-order chi connectivity index (χ1) is 8.83. The van der Waals surface area contributed by atoms with Crippen molar-refractivity contribution in [2.75, 3.05) is 11.4 Å². The molecule has 0 saturated carbocycles. The number of aryl methyl sites for hydroxylation is 1. The minimum atomic E-state index is 0.146. The van der Waals surface area contributed by atoms with Crippen molar-refractivity contribution < 1.29 is 0 Å². The van der Waals surface area contributed by atoms with Gasteiger partial charge < -0.3 is 10.6 Å². The molecule has 0 aliphatic carbocycles. The van der Waals surface area contributed by atoms with Crippen molar-refractivity contribution in [1.29, 1.82) is 0 Å². The van der Waals surface area contributed by atoms with Crippen LogP contribution in [-0.4, -0.2) is 18.1 Å². The smallest absolute Gasteiger partial charge is 0.0435 e. The van der Waals surface area contributed by atoms with Gasteiger partial charge in [-0.25, -0.2) is 0 Å². The van der Waals surface area contributed by atoms with Crippen molar-refractivity contribution in [1.82, 2.24) is 0 Å². The molecule has 2 heteroatoms. The van der Waals surface area contributed by atoms with Crippen LogP contribution in [0.15, 0.2) is 18.2 Å². The number of benzene rings is 1. The van der Waals surface area contributed by atoms with Crippen molar-refractivity contribution >= 4 is 5.69 Å². The van der Waals surface area contributed by atoms with Gasteiger partial charge in [0.2, 0.25) is 0 Å². The Hall–Kier alpha value is -1.02. The van der Waals surface area contributed by atoms with Gasteiger partial charge in [-0.1, -0.05) is 32.0 Å². The Labute approximate surface area is 118 Å². The van der Waals surface area contributed by atoms with Gasteiger partial charge in [-0.05, 0) is 50.7 Å². The summed E-state index contributed by atoms with van der Waals surface area (Å²) in [6, 6.07) is 7.03. The molecule has 0 amide bonds. The second-order valence-electron chi connectivity index (χ2n) is 6.88. The van der Waals surface area contributed by atoms with Crippen LogP contribution in [0.2, 0.25) is 0 Å². The van der Waals surface area contributed by atoms with E-state index < -0.39 is 0 Å². The highest BCUT2D eigenvalue weighted by molar-refractivity contribution is 5.62. The van der Waals surface area contributed by atoms with E-state index in [1.807, 2.05) is 0 Å². The summed E-state index contributed by atoms with van der Waals surface area (Å²) in [6.45, 7) is 12.5. The van der Waals surface area contributed by atoms with Crippen LogP contribution in [0.5, 0.6) is 0 Å². The molecule has 1 saturated heterocycles. The van der Waals surface area contributed by atoms with Crippen LogP contribution < -0.4 is 10.6 Å². The van der Waals surface area contributed by atoms with E-state index in [0.717, 1.165) is 19.4 Å². The van der Waals surface area contributed by atoms with Gasteiger partial charge in [0.1, 0.15) is 0 Å². The molecule has 0 radical (unpaired) electrons. The summed E-state index contributed by atoms with van der Waals surface area (Å²) in [7, 11) is 0. The molecular weight excluding hydrogens is 232 g/mol. The van der Waals surface area contributed by atoms with E-state index >= 15 is 0 Å². The van der Waals surface area contributed by atoms with E-state index in [2.05, 4.69) is 57.7 Å². The van der Waals surface area contributed by atoms with Crippen molar-refractivity contribution in [2.24, 2.45) is 5.73 Å². The first kappa shape index (κ1) is 14.4. The number of anilines is 1. The quantitative estimate of drug-likeness (QED) is 0.875. The fourth-order valence-electron chi connectivity index (χ4n) is 3.38. The van der Waals surface area contributed by atoms with Gasteiger partial charge in [0.25, 0.3) is 0 Å². The Bertz CT molecular complexity index is 449. The van der Waals surface area contributed by atoms with E-state index in [0.29, 0.717) is 12.0 Å². The van der Waals surface area contributed by atoms with Gasteiger partial charge >= 0.3 is 0 Å². The zero-order valence-corrected chi connectivity index (χ0v) is 13.0. The fourth-order valence-corrected chi connectivity index (χ4v) is 3.38. The van der Waals surface area contributed by atoms with Crippen molar-refractivity contribution in [3.8, 4) is 0 Å².